The van der Waals surface area contributed by atoms with Gasteiger partial charge in [-0.2, -0.15) is 0 Å². The Balaban J connectivity index is 1.93. The van der Waals surface area contributed by atoms with Crippen molar-refractivity contribution in [2.24, 2.45) is 0 Å². The summed E-state index contributed by atoms with van der Waals surface area (Å²) in [6.45, 7) is 6.60. The van der Waals surface area contributed by atoms with E-state index in [1.165, 1.54) is 0 Å². The van der Waals surface area contributed by atoms with E-state index in [4.69, 9.17) is 25.8 Å². The van der Waals surface area contributed by atoms with Crippen molar-refractivity contribution >= 4 is 17.5 Å². The van der Waals surface area contributed by atoms with E-state index in [2.05, 4.69) is 5.32 Å². The quantitative estimate of drug-likeness (QED) is 0.753. The van der Waals surface area contributed by atoms with Gasteiger partial charge in [-0.15, -0.1) is 0 Å². The third-order valence-corrected chi connectivity index (χ3v) is 4.04. The molecule has 0 atom stereocenters. The van der Waals surface area contributed by atoms with E-state index in [1.807, 2.05) is 39.0 Å². The Morgan fingerprint density at radius 2 is 1.88 bits per heavy atom. The maximum absolute atomic E-state index is 12.1. The van der Waals surface area contributed by atoms with E-state index < -0.39 is 0 Å². The van der Waals surface area contributed by atoms with E-state index in [-0.39, 0.29) is 12.5 Å². The van der Waals surface area contributed by atoms with Crippen molar-refractivity contribution in [1.82, 2.24) is 5.32 Å². The first-order chi connectivity index (χ1) is 12.4. The van der Waals surface area contributed by atoms with Crippen molar-refractivity contribution in [2.75, 3.05) is 20.3 Å². The van der Waals surface area contributed by atoms with Crippen LogP contribution < -0.4 is 19.5 Å². The molecule has 0 spiro atoms. The summed E-state index contributed by atoms with van der Waals surface area (Å²) in [4.78, 5) is 12.1. The van der Waals surface area contributed by atoms with E-state index in [0.717, 1.165) is 16.7 Å². The van der Waals surface area contributed by atoms with Crippen molar-refractivity contribution in [3.05, 3.63) is 52.0 Å². The number of carbonyl (C=O) groups is 1. The van der Waals surface area contributed by atoms with Crippen LogP contribution in [0, 0.1) is 13.8 Å². The molecule has 26 heavy (non-hydrogen) atoms. The van der Waals surface area contributed by atoms with Crippen molar-refractivity contribution in [2.45, 2.75) is 27.3 Å². The topological polar surface area (TPSA) is 56.8 Å². The van der Waals surface area contributed by atoms with Gasteiger partial charge in [0.15, 0.2) is 18.1 Å². The first kappa shape index (κ1) is 19.9. The summed E-state index contributed by atoms with van der Waals surface area (Å²) >= 11 is 6.24. The highest BCUT2D eigenvalue weighted by molar-refractivity contribution is 6.32. The summed E-state index contributed by atoms with van der Waals surface area (Å²) in [5.74, 6) is 1.53. The summed E-state index contributed by atoms with van der Waals surface area (Å²) in [6, 6.07) is 9.38. The third-order valence-electron chi connectivity index (χ3n) is 3.76. The zero-order valence-electron chi connectivity index (χ0n) is 15.5. The van der Waals surface area contributed by atoms with Crippen LogP contribution in [-0.4, -0.2) is 26.2 Å². The monoisotopic (exact) mass is 377 g/mol. The van der Waals surface area contributed by atoms with Crippen LogP contribution in [0.5, 0.6) is 17.2 Å². The molecule has 0 unspecified atom stereocenters. The van der Waals surface area contributed by atoms with E-state index in [9.17, 15) is 4.79 Å². The average molecular weight is 378 g/mol. The molecule has 0 saturated carbocycles. The number of halogens is 1. The third kappa shape index (κ3) is 5.30. The molecule has 0 heterocycles. The molecule has 2 rings (SSSR count). The van der Waals surface area contributed by atoms with Crippen molar-refractivity contribution in [3.8, 4) is 17.2 Å². The van der Waals surface area contributed by atoms with E-state index >= 15 is 0 Å². The molecule has 1 amide bonds. The minimum atomic E-state index is -0.214. The Kier molecular flexibility index (Phi) is 7.16. The Morgan fingerprint density at radius 1 is 1.12 bits per heavy atom. The van der Waals surface area contributed by atoms with Crippen LogP contribution in [-0.2, 0) is 11.3 Å². The standard InChI is InChI=1S/C20H24ClNO4/c1-5-25-20-16(21)9-15(10-18(20)24-4)11-22-19(23)12-26-17-7-6-13(2)8-14(17)3/h6-10H,5,11-12H2,1-4H3,(H,22,23). The number of amides is 1. The van der Waals surface area contributed by atoms with E-state index in [0.29, 0.717) is 35.4 Å². The van der Waals surface area contributed by atoms with Gasteiger partial charge in [0.05, 0.1) is 18.7 Å². The zero-order chi connectivity index (χ0) is 19.1. The van der Waals surface area contributed by atoms with Crippen LogP contribution in [0.4, 0.5) is 0 Å². The first-order valence-electron chi connectivity index (χ1n) is 8.40. The Morgan fingerprint density at radius 3 is 2.54 bits per heavy atom. The smallest absolute Gasteiger partial charge is 0.258 e. The van der Waals surface area contributed by atoms with Crippen LogP contribution in [0.15, 0.2) is 30.3 Å². The van der Waals surface area contributed by atoms with Crippen molar-refractivity contribution in [3.63, 3.8) is 0 Å². The average Bonchev–Trinajstić information content (AvgIpc) is 2.61. The summed E-state index contributed by atoms with van der Waals surface area (Å²) in [5, 5.41) is 3.26. The van der Waals surface area contributed by atoms with Crippen LogP contribution in [0.2, 0.25) is 5.02 Å². The summed E-state index contributed by atoms with van der Waals surface area (Å²) in [6.07, 6.45) is 0. The second-order valence-corrected chi connectivity index (χ2v) is 6.28. The van der Waals surface area contributed by atoms with Crippen LogP contribution in [0.1, 0.15) is 23.6 Å². The molecule has 0 saturated heterocycles. The van der Waals surface area contributed by atoms with Gasteiger partial charge in [-0.3, -0.25) is 4.79 Å². The maximum Gasteiger partial charge on any atom is 0.258 e. The number of methoxy groups -OCH3 is 1. The van der Waals surface area contributed by atoms with Gasteiger partial charge in [-0.1, -0.05) is 29.3 Å². The Hall–Kier alpha value is -2.40. The molecular weight excluding hydrogens is 354 g/mol. The fraction of sp³-hybridized carbons (Fsp3) is 0.350. The highest BCUT2D eigenvalue weighted by Gasteiger charge is 2.12. The molecule has 1 N–H and O–H groups in total. The number of benzene rings is 2. The number of nitrogens with one attached hydrogen (secondary N) is 1. The second kappa shape index (κ2) is 9.34. The summed E-state index contributed by atoms with van der Waals surface area (Å²) in [5.41, 5.74) is 2.97. The lowest BCUT2D eigenvalue weighted by Gasteiger charge is -2.14. The lowest BCUT2D eigenvalue weighted by atomic mass is 10.1. The van der Waals surface area contributed by atoms with Gasteiger partial charge in [-0.05, 0) is 50.1 Å². The Labute approximate surface area is 159 Å². The number of hydrogen-bond acceptors (Lipinski definition) is 4. The number of rotatable bonds is 8. The summed E-state index contributed by atoms with van der Waals surface area (Å²) in [7, 11) is 1.55. The van der Waals surface area contributed by atoms with Gasteiger partial charge in [0.25, 0.3) is 5.91 Å². The predicted octanol–water partition coefficient (Wildman–Crippen LogP) is 4.06. The lowest BCUT2D eigenvalue weighted by Crippen LogP contribution is -2.28. The lowest BCUT2D eigenvalue weighted by molar-refractivity contribution is -0.123. The van der Waals surface area contributed by atoms with Gasteiger partial charge in [0.1, 0.15) is 5.75 Å². The van der Waals surface area contributed by atoms with Crippen LogP contribution >= 0.6 is 11.6 Å². The minimum absolute atomic E-state index is 0.0498. The maximum atomic E-state index is 12.1. The predicted molar refractivity (Wildman–Crippen MR) is 102 cm³/mol. The first-order valence-corrected chi connectivity index (χ1v) is 8.78. The van der Waals surface area contributed by atoms with E-state index in [1.54, 1.807) is 19.2 Å². The minimum Gasteiger partial charge on any atom is -0.493 e. The van der Waals surface area contributed by atoms with Gasteiger partial charge in [0, 0.05) is 6.54 Å². The normalized spacial score (nSPS) is 10.3. The van der Waals surface area contributed by atoms with Gasteiger partial charge in [-0.25, -0.2) is 0 Å². The molecule has 0 bridgehead atoms. The van der Waals surface area contributed by atoms with Crippen LogP contribution in [0.25, 0.3) is 0 Å². The SMILES string of the molecule is CCOc1c(Cl)cc(CNC(=O)COc2ccc(C)cc2C)cc1OC. The molecule has 140 valence electrons. The van der Waals surface area contributed by atoms with Gasteiger partial charge in [0.2, 0.25) is 0 Å². The molecule has 6 heteroatoms. The number of aryl methyl sites for hydroxylation is 2. The summed E-state index contributed by atoms with van der Waals surface area (Å²) < 4.78 is 16.4. The highest BCUT2D eigenvalue weighted by Crippen LogP contribution is 2.36. The molecule has 0 aliphatic heterocycles. The molecule has 0 radical (unpaired) electrons. The highest BCUT2D eigenvalue weighted by atomic mass is 35.5. The number of carbonyl (C=O) groups excluding carboxylic acids is 1. The number of hydrogen-bond donors (Lipinski definition) is 1. The molecule has 0 aliphatic carbocycles. The second-order valence-electron chi connectivity index (χ2n) is 5.88. The van der Waals surface area contributed by atoms with Crippen molar-refractivity contribution in [1.29, 1.82) is 0 Å². The molecule has 2 aromatic carbocycles. The van der Waals surface area contributed by atoms with Crippen molar-refractivity contribution < 1.29 is 19.0 Å². The van der Waals surface area contributed by atoms with Gasteiger partial charge < -0.3 is 19.5 Å². The molecule has 2 aromatic rings. The largest absolute Gasteiger partial charge is 0.493 e. The van der Waals surface area contributed by atoms with Gasteiger partial charge >= 0.3 is 0 Å². The molecular formula is C20H24ClNO4. The number of ether oxygens (including phenoxy) is 3. The molecule has 5 nitrogen and oxygen atoms in total. The fourth-order valence-electron chi connectivity index (χ4n) is 2.52. The van der Waals surface area contributed by atoms with Crippen LogP contribution in [0.3, 0.4) is 0 Å². The molecule has 0 fully saturated rings. The fourth-order valence-corrected chi connectivity index (χ4v) is 2.80. The molecule has 0 aliphatic rings. The Bertz CT molecular complexity index is 777. The molecule has 0 aromatic heterocycles. The zero-order valence-corrected chi connectivity index (χ0v) is 16.3.